The zero-order chi connectivity index (χ0) is 51.4. The van der Waals surface area contributed by atoms with Crippen LogP contribution in [0.5, 0.6) is 0 Å². The largest absolute Gasteiger partial charge is 0.481 e. The summed E-state index contributed by atoms with van der Waals surface area (Å²) < 4.78 is 137. The molecule has 2 aliphatic heterocycles. The van der Waals surface area contributed by atoms with Crippen LogP contribution in [0.2, 0.25) is 0 Å². The summed E-state index contributed by atoms with van der Waals surface area (Å²) in [6.45, 7) is 8.04. The van der Waals surface area contributed by atoms with Crippen molar-refractivity contribution in [2.24, 2.45) is 0 Å². The molecule has 0 bridgehead atoms. The van der Waals surface area contributed by atoms with Gasteiger partial charge in [0.05, 0.1) is 73.8 Å². The fraction of sp³-hybridized carbons (Fsp3) is 0.542. The van der Waals surface area contributed by atoms with Gasteiger partial charge in [-0.2, -0.15) is 29.8 Å². The third-order valence-corrected chi connectivity index (χ3v) is 14.6. The van der Waals surface area contributed by atoms with Crippen LogP contribution in [0.25, 0.3) is 0 Å². The number of methoxy groups -OCH3 is 2. The number of anilines is 1. The van der Waals surface area contributed by atoms with E-state index in [4.69, 9.17) is 28.4 Å². The molecule has 4 rings (SSSR count). The summed E-state index contributed by atoms with van der Waals surface area (Å²) in [5.74, 6) is -1.38. The van der Waals surface area contributed by atoms with Crippen molar-refractivity contribution in [3.63, 3.8) is 0 Å². The van der Waals surface area contributed by atoms with Gasteiger partial charge in [0.2, 0.25) is 5.69 Å². The number of benzene rings is 2. The topological polar surface area (TPSA) is 262 Å². The first-order chi connectivity index (χ1) is 33.2. The van der Waals surface area contributed by atoms with E-state index >= 15 is 0 Å². The number of allylic oxidation sites excluding steroid dienone is 8. The third kappa shape index (κ3) is 17.3. The monoisotopic (exact) mass is 1040 g/mol. The Kier molecular flexibility index (Phi) is 23.0. The molecule has 19 nitrogen and oxygen atoms in total. The van der Waals surface area contributed by atoms with E-state index in [0.717, 1.165) is 11.4 Å². The highest BCUT2D eigenvalue weighted by Crippen LogP contribution is 2.51. The van der Waals surface area contributed by atoms with Crippen molar-refractivity contribution in [3.8, 4) is 0 Å². The third-order valence-electron chi connectivity index (χ3n) is 12.1. The van der Waals surface area contributed by atoms with Crippen LogP contribution in [0.15, 0.2) is 94.4 Å². The summed E-state index contributed by atoms with van der Waals surface area (Å²) in [6, 6.07) is 8.75. The van der Waals surface area contributed by atoms with Gasteiger partial charge in [0.1, 0.15) is 6.54 Å². The van der Waals surface area contributed by atoms with E-state index in [1.165, 1.54) is 24.3 Å². The second-order valence-corrected chi connectivity index (χ2v) is 21.5. The standard InChI is InChI=1S/C48H68N2O17S3/c1-47(21-25-64-31-33-66-29-27-62-3)40-36-38(69(56,57)58)17-19-42(40)49(23-12-8-11-16-46(51)52)44(47)14-9-6-5-7-10-15-45-48(2,22-26-65-32-34-67-30-28-63-4)41-37-39(70(59,60)61)18-20-43(41)50(45)24-13-35-68(53,54)55/h5-7,9-10,14-15,17-20,36-37H,8,11-13,16,21-35H2,1-4H3,(H3-,51,52,53,54,55,56,57,58,59,60,61)/p+1. The van der Waals surface area contributed by atoms with Crippen LogP contribution >= 0.6 is 0 Å². The molecule has 0 saturated heterocycles. The van der Waals surface area contributed by atoms with Gasteiger partial charge in [0.25, 0.3) is 30.4 Å². The van der Waals surface area contributed by atoms with Crippen molar-refractivity contribution in [1.82, 2.24) is 0 Å². The normalized spacial score (nSPS) is 19.2. The lowest BCUT2D eigenvalue weighted by molar-refractivity contribution is -0.437. The first-order valence-electron chi connectivity index (χ1n) is 23.0. The number of carbonyl (C=O) groups is 1. The molecule has 22 heteroatoms. The van der Waals surface area contributed by atoms with Crippen LogP contribution in [0.4, 0.5) is 11.4 Å². The summed E-state index contributed by atoms with van der Waals surface area (Å²) in [4.78, 5) is 12.8. The minimum atomic E-state index is -4.59. The summed E-state index contributed by atoms with van der Waals surface area (Å²) in [5.41, 5.74) is 2.41. The fourth-order valence-electron chi connectivity index (χ4n) is 8.49. The smallest absolute Gasteiger partial charge is 0.303 e. The number of carboxylic acid groups (broad SMARTS) is 1. The predicted molar refractivity (Wildman–Crippen MR) is 263 cm³/mol. The molecule has 0 spiro atoms. The Balaban J connectivity index is 1.69. The first-order valence-corrected chi connectivity index (χ1v) is 27.5. The molecule has 70 heavy (non-hydrogen) atoms. The SMILES string of the molecule is COCCOCCOCCC1(C)C(=CC=CC=CC=CC2=[N+](CCCS(=O)(=O)O)c3ccc(S(=O)(=O)O)cc3C2(C)CCOCCOCCOC)N(CCCCCC(=O)O)c2ccc(S(=O)(=O)O)cc21. The van der Waals surface area contributed by atoms with Gasteiger partial charge < -0.3 is 38.4 Å². The maximum Gasteiger partial charge on any atom is 0.303 e. The van der Waals surface area contributed by atoms with Crippen molar-refractivity contribution in [3.05, 3.63) is 95.8 Å². The van der Waals surface area contributed by atoms with E-state index in [2.05, 4.69) is 4.90 Å². The quantitative estimate of drug-likeness (QED) is 0.0274. The highest BCUT2D eigenvalue weighted by atomic mass is 32.2. The van der Waals surface area contributed by atoms with Crippen molar-refractivity contribution in [2.75, 3.05) is 104 Å². The number of fused-ring (bicyclic) bond motifs is 2. The van der Waals surface area contributed by atoms with E-state index in [0.29, 0.717) is 114 Å². The molecule has 2 aliphatic rings. The fourth-order valence-corrected chi connectivity index (χ4v) is 9.99. The first kappa shape index (κ1) is 58.4. The van der Waals surface area contributed by atoms with E-state index < -0.39 is 52.9 Å². The molecule has 0 aromatic heterocycles. The average Bonchev–Trinajstić information content (AvgIpc) is 3.66. The number of unbranched alkanes of at least 4 members (excludes halogenated alkanes) is 2. The van der Waals surface area contributed by atoms with Gasteiger partial charge in [-0.1, -0.05) is 36.8 Å². The van der Waals surface area contributed by atoms with Gasteiger partial charge in [-0.25, -0.2) is 0 Å². The molecular formula is C48H69N2O17S3+. The van der Waals surface area contributed by atoms with Crippen molar-refractivity contribution < 1.29 is 81.8 Å². The Hall–Kier alpha value is -4.17. The second kappa shape index (κ2) is 27.6. The van der Waals surface area contributed by atoms with Crippen LogP contribution in [0.1, 0.15) is 69.9 Å². The molecule has 2 aromatic carbocycles. The Bertz CT molecular complexity index is 2560. The molecule has 0 radical (unpaired) electrons. The number of ether oxygens (including phenoxy) is 6. The van der Waals surface area contributed by atoms with Crippen molar-refractivity contribution in [2.45, 2.75) is 79.4 Å². The summed E-state index contributed by atoms with van der Waals surface area (Å²) >= 11 is 0. The van der Waals surface area contributed by atoms with Gasteiger partial charge >= 0.3 is 5.97 Å². The molecule has 2 atom stereocenters. The van der Waals surface area contributed by atoms with Gasteiger partial charge in [-0.05, 0) is 81.5 Å². The zero-order valence-electron chi connectivity index (χ0n) is 40.4. The minimum absolute atomic E-state index is 0.0392. The lowest BCUT2D eigenvalue weighted by Gasteiger charge is -2.30. The lowest BCUT2D eigenvalue weighted by Crippen LogP contribution is -2.33. The summed E-state index contributed by atoms with van der Waals surface area (Å²) in [7, 11) is -10.3. The Morgan fingerprint density at radius 1 is 0.643 bits per heavy atom. The number of carboxylic acids is 1. The van der Waals surface area contributed by atoms with Crippen LogP contribution in [0, 0.1) is 0 Å². The van der Waals surface area contributed by atoms with E-state index in [1.54, 1.807) is 50.7 Å². The van der Waals surface area contributed by atoms with E-state index in [1.807, 2.05) is 36.7 Å². The van der Waals surface area contributed by atoms with Crippen LogP contribution in [-0.4, -0.2) is 159 Å². The van der Waals surface area contributed by atoms with Gasteiger partial charge in [-0.15, -0.1) is 0 Å². The molecule has 0 saturated carbocycles. The molecule has 2 heterocycles. The maximum absolute atomic E-state index is 12.4. The molecule has 0 amide bonds. The van der Waals surface area contributed by atoms with Crippen molar-refractivity contribution in [1.29, 1.82) is 0 Å². The zero-order valence-corrected chi connectivity index (χ0v) is 42.8. The number of rotatable bonds is 34. The molecule has 390 valence electrons. The predicted octanol–water partition coefficient (Wildman–Crippen LogP) is 5.93. The maximum atomic E-state index is 12.4. The molecule has 4 N–H and O–H groups in total. The number of hydrogen-bond acceptors (Lipinski definition) is 14. The Labute approximate surface area is 412 Å². The molecule has 2 unspecified atom stereocenters. The molecule has 0 fully saturated rings. The van der Waals surface area contributed by atoms with Crippen LogP contribution in [0.3, 0.4) is 0 Å². The Morgan fingerprint density at radius 3 is 1.74 bits per heavy atom. The van der Waals surface area contributed by atoms with Gasteiger partial charge in [0.15, 0.2) is 5.71 Å². The van der Waals surface area contributed by atoms with Crippen LogP contribution in [-0.2, 0) is 74.4 Å². The highest BCUT2D eigenvalue weighted by molar-refractivity contribution is 7.86. The van der Waals surface area contributed by atoms with E-state index in [-0.39, 0.29) is 42.4 Å². The summed E-state index contributed by atoms with van der Waals surface area (Å²) in [6.07, 6.45) is 15.4. The van der Waals surface area contributed by atoms with E-state index in [9.17, 15) is 48.8 Å². The summed E-state index contributed by atoms with van der Waals surface area (Å²) in [5, 5.41) is 9.20. The number of nitrogens with zero attached hydrogens (tertiary/aromatic N) is 2. The number of aliphatic carboxylic acids is 1. The lowest BCUT2D eigenvalue weighted by atomic mass is 9.76. The number of hydrogen-bond donors (Lipinski definition) is 4. The van der Waals surface area contributed by atoms with Gasteiger partial charge in [0, 0.05) is 81.3 Å². The molecular weight excluding hydrogens is 973 g/mol. The Morgan fingerprint density at radius 2 is 1.17 bits per heavy atom. The van der Waals surface area contributed by atoms with Crippen LogP contribution < -0.4 is 4.90 Å². The second-order valence-electron chi connectivity index (χ2n) is 17.1. The minimum Gasteiger partial charge on any atom is -0.481 e. The van der Waals surface area contributed by atoms with Crippen molar-refractivity contribution >= 4 is 53.4 Å². The average molecular weight is 1040 g/mol. The molecule has 2 aromatic rings. The highest BCUT2D eigenvalue weighted by Gasteiger charge is 2.48. The molecule has 0 aliphatic carbocycles. The van der Waals surface area contributed by atoms with Gasteiger partial charge in [-0.3, -0.25) is 18.5 Å².